The van der Waals surface area contributed by atoms with E-state index in [1.165, 1.54) is 4.90 Å². The van der Waals surface area contributed by atoms with E-state index in [0.717, 1.165) is 22.6 Å². The first-order valence-electron chi connectivity index (χ1n) is 6.50. The minimum Gasteiger partial charge on any atom is -0.299 e. The van der Waals surface area contributed by atoms with E-state index in [4.69, 9.17) is 11.6 Å². The molecule has 3 rings (SSSR count). The van der Waals surface area contributed by atoms with Crippen molar-refractivity contribution in [3.8, 4) is 0 Å². The number of Topliss-reactive ketones (excluding diaryl/α,β-unsaturated/α-hetero) is 1. The molecular weight excluding hydrogens is 292 g/mol. The number of thioether (sulfide) groups is 1. The van der Waals surface area contributed by atoms with Crippen molar-refractivity contribution in [3.05, 3.63) is 46.2 Å². The number of nitrogens with zero attached hydrogens (tertiary/aromatic N) is 2. The van der Waals surface area contributed by atoms with Gasteiger partial charge in [0.05, 0.1) is 11.6 Å². The van der Waals surface area contributed by atoms with Crippen LogP contribution in [0.1, 0.15) is 22.7 Å². The maximum atomic E-state index is 12.6. The Morgan fingerprint density at radius 1 is 1.50 bits per heavy atom. The van der Waals surface area contributed by atoms with Crippen LogP contribution >= 0.6 is 23.4 Å². The Bertz CT molecular complexity index is 681. The number of benzene rings is 1. The molecule has 1 aliphatic rings. The van der Waals surface area contributed by atoms with Gasteiger partial charge in [-0.05, 0) is 18.6 Å². The molecule has 1 aromatic heterocycles. The fourth-order valence-electron chi connectivity index (χ4n) is 2.60. The second-order valence-electron chi connectivity index (χ2n) is 5.02. The highest BCUT2D eigenvalue weighted by molar-refractivity contribution is 7.99. The number of fused-ring (bicyclic) bond motifs is 1. The van der Waals surface area contributed by atoms with Crippen molar-refractivity contribution in [1.82, 2.24) is 9.78 Å². The lowest BCUT2D eigenvalue weighted by Crippen LogP contribution is -2.15. The molecule has 0 fully saturated rings. The lowest BCUT2D eigenvalue weighted by atomic mass is 9.93. The van der Waals surface area contributed by atoms with Crippen LogP contribution in [0.3, 0.4) is 0 Å². The molecule has 0 bridgehead atoms. The van der Waals surface area contributed by atoms with Crippen molar-refractivity contribution in [2.24, 2.45) is 7.05 Å². The number of ketones is 1. The van der Waals surface area contributed by atoms with Gasteiger partial charge in [0.2, 0.25) is 0 Å². The molecule has 0 saturated carbocycles. The maximum absolute atomic E-state index is 12.6. The Hall–Kier alpha value is -1.26. The molecule has 2 aromatic rings. The van der Waals surface area contributed by atoms with Gasteiger partial charge in [-0.2, -0.15) is 5.10 Å². The molecule has 0 spiro atoms. The number of halogens is 1. The first-order valence-corrected chi connectivity index (χ1v) is 7.86. The standard InChI is InChI=1S/C15H15ClN2OS/c1-9-11(15(16)18(2)17-9)7-13(19)12-8-20-14-6-4-3-5-10(12)14/h3-6,12H,7-8H2,1-2H3. The number of carbonyl (C=O) groups excluding carboxylic acids is 1. The highest BCUT2D eigenvalue weighted by Crippen LogP contribution is 2.40. The van der Waals surface area contributed by atoms with E-state index in [0.29, 0.717) is 11.6 Å². The molecule has 0 saturated heterocycles. The maximum Gasteiger partial charge on any atom is 0.145 e. The Labute approximate surface area is 127 Å². The Balaban J connectivity index is 1.85. The lowest BCUT2D eigenvalue weighted by molar-refractivity contribution is -0.119. The number of aromatic nitrogens is 2. The fourth-order valence-corrected chi connectivity index (χ4v) is 4.11. The molecule has 1 aliphatic heterocycles. The van der Waals surface area contributed by atoms with Crippen LogP contribution in [0.5, 0.6) is 0 Å². The van der Waals surface area contributed by atoms with Crippen LogP contribution < -0.4 is 0 Å². The van der Waals surface area contributed by atoms with Crippen LogP contribution in [0.25, 0.3) is 0 Å². The van der Waals surface area contributed by atoms with Gasteiger partial charge in [0.25, 0.3) is 0 Å². The molecule has 1 aromatic carbocycles. The third kappa shape index (κ3) is 2.27. The third-order valence-electron chi connectivity index (χ3n) is 3.71. The number of hydrogen-bond donors (Lipinski definition) is 0. The van der Waals surface area contributed by atoms with Gasteiger partial charge in [-0.3, -0.25) is 9.48 Å². The second kappa shape index (κ2) is 5.26. The number of hydrogen-bond acceptors (Lipinski definition) is 3. The zero-order chi connectivity index (χ0) is 14.3. The zero-order valence-corrected chi connectivity index (χ0v) is 13.0. The summed E-state index contributed by atoms with van der Waals surface area (Å²) in [4.78, 5) is 13.8. The second-order valence-corrected chi connectivity index (χ2v) is 6.44. The third-order valence-corrected chi connectivity index (χ3v) is 5.37. The van der Waals surface area contributed by atoms with Crippen molar-refractivity contribution in [2.45, 2.75) is 24.2 Å². The number of carbonyl (C=O) groups is 1. The van der Waals surface area contributed by atoms with Crippen LogP contribution in [0.4, 0.5) is 0 Å². The molecule has 0 aliphatic carbocycles. The summed E-state index contributed by atoms with van der Waals surface area (Å²) in [5.74, 6) is 1.03. The van der Waals surface area contributed by atoms with Gasteiger partial charge in [0, 0.05) is 29.7 Å². The van der Waals surface area contributed by atoms with Crippen molar-refractivity contribution < 1.29 is 4.79 Å². The van der Waals surface area contributed by atoms with Crippen molar-refractivity contribution >= 4 is 29.1 Å². The fraction of sp³-hybridized carbons (Fsp3) is 0.333. The molecular formula is C15H15ClN2OS. The number of rotatable bonds is 3. The molecule has 20 heavy (non-hydrogen) atoms. The molecule has 1 unspecified atom stereocenters. The van der Waals surface area contributed by atoms with E-state index in [9.17, 15) is 4.79 Å². The van der Waals surface area contributed by atoms with Gasteiger partial charge in [0.1, 0.15) is 10.9 Å². The highest BCUT2D eigenvalue weighted by Gasteiger charge is 2.29. The molecule has 3 nitrogen and oxygen atoms in total. The van der Waals surface area contributed by atoms with E-state index < -0.39 is 0 Å². The SMILES string of the molecule is Cc1nn(C)c(Cl)c1CC(=O)C1CSc2ccccc21. The summed E-state index contributed by atoms with van der Waals surface area (Å²) < 4.78 is 1.62. The smallest absolute Gasteiger partial charge is 0.145 e. The largest absolute Gasteiger partial charge is 0.299 e. The van der Waals surface area contributed by atoms with Crippen molar-refractivity contribution in [2.75, 3.05) is 5.75 Å². The van der Waals surface area contributed by atoms with Crippen molar-refractivity contribution in [3.63, 3.8) is 0 Å². The van der Waals surface area contributed by atoms with E-state index >= 15 is 0 Å². The van der Waals surface area contributed by atoms with Crippen molar-refractivity contribution in [1.29, 1.82) is 0 Å². The summed E-state index contributed by atoms with van der Waals surface area (Å²) >= 11 is 7.96. The molecule has 1 atom stereocenters. The molecule has 0 N–H and O–H groups in total. The van der Waals surface area contributed by atoms with Gasteiger partial charge in [-0.1, -0.05) is 29.8 Å². The first kappa shape index (κ1) is 13.7. The van der Waals surface area contributed by atoms with Crippen LogP contribution in [-0.4, -0.2) is 21.3 Å². The highest BCUT2D eigenvalue weighted by atomic mass is 35.5. The molecule has 104 valence electrons. The van der Waals surface area contributed by atoms with Gasteiger partial charge in [-0.15, -0.1) is 11.8 Å². The topological polar surface area (TPSA) is 34.9 Å². The average molecular weight is 307 g/mol. The van der Waals surface area contributed by atoms with E-state index in [1.54, 1.807) is 23.5 Å². The van der Waals surface area contributed by atoms with E-state index in [-0.39, 0.29) is 11.7 Å². The summed E-state index contributed by atoms with van der Waals surface area (Å²) in [5.41, 5.74) is 2.85. The normalized spacial score (nSPS) is 17.2. The van der Waals surface area contributed by atoms with Crippen LogP contribution in [0, 0.1) is 6.92 Å². The zero-order valence-electron chi connectivity index (χ0n) is 11.4. The minimum atomic E-state index is -0.0214. The van der Waals surface area contributed by atoms with Crippen LogP contribution in [0.15, 0.2) is 29.2 Å². The van der Waals surface area contributed by atoms with Gasteiger partial charge < -0.3 is 0 Å². The summed E-state index contributed by atoms with van der Waals surface area (Å²) in [6, 6.07) is 8.14. The Morgan fingerprint density at radius 2 is 2.25 bits per heavy atom. The minimum absolute atomic E-state index is 0.0214. The summed E-state index contributed by atoms with van der Waals surface area (Å²) in [7, 11) is 1.80. The molecule has 0 amide bonds. The molecule has 2 heterocycles. The molecule has 5 heteroatoms. The predicted octanol–water partition coefficient (Wildman–Crippen LogP) is 3.38. The predicted molar refractivity (Wildman–Crippen MR) is 81.6 cm³/mol. The summed E-state index contributed by atoms with van der Waals surface area (Å²) in [6.07, 6.45) is 0.359. The Kier molecular flexibility index (Phi) is 3.61. The monoisotopic (exact) mass is 306 g/mol. The quantitative estimate of drug-likeness (QED) is 0.872. The van der Waals surface area contributed by atoms with Gasteiger partial charge in [0.15, 0.2) is 0 Å². The first-order chi connectivity index (χ1) is 9.58. The summed E-state index contributed by atoms with van der Waals surface area (Å²) in [6.45, 7) is 1.89. The van der Waals surface area contributed by atoms with E-state index in [1.807, 2.05) is 19.1 Å². The van der Waals surface area contributed by atoms with Gasteiger partial charge >= 0.3 is 0 Å². The van der Waals surface area contributed by atoms with Crippen LogP contribution in [-0.2, 0) is 18.3 Å². The molecule has 0 radical (unpaired) electrons. The summed E-state index contributed by atoms with van der Waals surface area (Å²) in [5, 5.41) is 4.83. The Morgan fingerprint density at radius 3 is 2.95 bits per heavy atom. The van der Waals surface area contributed by atoms with Gasteiger partial charge in [-0.25, -0.2) is 0 Å². The van der Waals surface area contributed by atoms with E-state index in [2.05, 4.69) is 17.2 Å². The van der Waals surface area contributed by atoms with Crippen LogP contribution in [0.2, 0.25) is 5.15 Å². The number of aryl methyl sites for hydroxylation is 2. The average Bonchev–Trinajstić information content (AvgIpc) is 2.96. The lowest BCUT2D eigenvalue weighted by Gasteiger charge is -2.09.